The smallest absolute Gasteiger partial charge is 0.460 e. The SMILES string of the molecule is C=Cc1ccc(OP2(Oc3ccc(C=C)cc3)=NP(Oc3ccc(C=C)cc3)(Oc3ccc(C=C)cc3)=NP(Oc3ccc(C=C)cc3)(Oc3ccc(C(=O)O)cc3)=N2)cc1. The summed E-state index contributed by atoms with van der Waals surface area (Å²) in [7, 11) is -12.6. The van der Waals surface area contributed by atoms with Crippen LogP contribution in [-0.2, 0) is 0 Å². The van der Waals surface area contributed by atoms with Crippen LogP contribution in [0.15, 0.2) is 192 Å². The van der Waals surface area contributed by atoms with Crippen LogP contribution in [0.4, 0.5) is 0 Å². The summed E-state index contributed by atoms with van der Waals surface area (Å²) in [6, 6.07) is 41.3. The van der Waals surface area contributed by atoms with E-state index in [2.05, 4.69) is 32.9 Å². The van der Waals surface area contributed by atoms with Crippen molar-refractivity contribution in [1.82, 2.24) is 0 Å². The Morgan fingerprint density at radius 3 is 0.705 bits per heavy atom. The van der Waals surface area contributed by atoms with Gasteiger partial charge in [-0.15, -0.1) is 0 Å². The van der Waals surface area contributed by atoms with Gasteiger partial charge in [0.1, 0.15) is 34.5 Å². The zero-order valence-electron chi connectivity index (χ0n) is 32.8. The molecular formula is C47H40N3O8P3. The predicted octanol–water partition coefficient (Wildman–Crippen LogP) is 15.2. The Labute approximate surface area is 355 Å². The van der Waals surface area contributed by atoms with Crippen LogP contribution in [0, 0.1) is 0 Å². The molecule has 6 aromatic rings. The van der Waals surface area contributed by atoms with E-state index in [1.165, 1.54) is 24.3 Å². The number of hydrogen-bond acceptors (Lipinski definition) is 10. The van der Waals surface area contributed by atoms with Crippen LogP contribution in [-0.4, -0.2) is 11.1 Å². The van der Waals surface area contributed by atoms with E-state index in [9.17, 15) is 9.90 Å². The van der Waals surface area contributed by atoms with Crippen molar-refractivity contribution in [3.05, 3.63) is 212 Å². The summed E-state index contributed by atoms with van der Waals surface area (Å²) in [5.74, 6) is 0.691. The molecule has 1 aliphatic heterocycles. The van der Waals surface area contributed by atoms with Crippen molar-refractivity contribution in [2.45, 2.75) is 0 Å². The van der Waals surface area contributed by atoms with E-state index in [4.69, 9.17) is 40.7 Å². The van der Waals surface area contributed by atoms with Crippen LogP contribution in [0.2, 0.25) is 0 Å². The molecule has 1 N–H and O–H groups in total. The molecule has 0 aliphatic carbocycles. The molecule has 1 atom stereocenters. The quantitative estimate of drug-likeness (QED) is 0.0845. The van der Waals surface area contributed by atoms with Gasteiger partial charge >= 0.3 is 28.9 Å². The van der Waals surface area contributed by atoms with Gasteiger partial charge < -0.3 is 32.2 Å². The lowest BCUT2D eigenvalue weighted by Crippen LogP contribution is -2.11. The average molecular weight is 868 g/mol. The number of rotatable bonds is 18. The molecule has 1 unspecified atom stereocenters. The summed E-state index contributed by atoms with van der Waals surface area (Å²) >= 11 is 0. The third-order valence-corrected chi connectivity index (χ3v) is 16.8. The third-order valence-electron chi connectivity index (χ3n) is 8.70. The summed E-state index contributed by atoms with van der Waals surface area (Å²) in [5, 5.41) is 9.72. The van der Waals surface area contributed by atoms with Crippen LogP contribution >= 0.6 is 23.0 Å². The van der Waals surface area contributed by atoms with Crippen molar-refractivity contribution < 1.29 is 37.0 Å². The van der Waals surface area contributed by atoms with Gasteiger partial charge in [0.15, 0.2) is 0 Å². The normalized spacial score (nSPS) is 15.7. The molecule has 306 valence electrons. The fourth-order valence-corrected chi connectivity index (χ4v) is 14.6. The molecule has 0 radical (unpaired) electrons. The number of carbonyl (C=O) groups is 1. The molecule has 0 fully saturated rings. The van der Waals surface area contributed by atoms with E-state index < -0.39 is 28.9 Å². The molecule has 7 rings (SSSR count). The van der Waals surface area contributed by atoms with Crippen LogP contribution in [0.1, 0.15) is 38.2 Å². The minimum absolute atomic E-state index is 0.0344. The molecular weight excluding hydrogens is 827 g/mol. The zero-order chi connectivity index (χ0) is 42.9. The molecule has 0 saturated heterocycles. The van der Waals surface area contributed by atoms with Gasteiger partial charge in [0.25, 0.3) is 0 Å². The van der Waals surface area contributed by atoms with Crippen molar-refractivity contribution in [2.75, 3.05) is 0 Å². The molecule has 14 heteroatoms. The Morgan fingerprint density at radius 2 is 0.541 bits per heavy atom. The second-order valence-corrected chi connectivity index (χ2v) is 19.2. The first-order chi connectivity index (χ1) is 29.6. The zero-order valence-corrected chi connectivity index (χ0v) is 35.5. The Kier molecular flexibility index (Phi) is 12.8. The van der Waals surface area contributed by atoms with E-state index in [0.29, 0.717) is 28.7 Å². The topological polar surface area (TPSA) is 130 Å². The number of carboxylic acids is 1. The standard InChI is InChI=1S/C47H40N3O8P3/c1-6-35-11-23-41(24-12-35)53-59(54-42-25-13-36(7-2)14-26-42)48-60(55-43-27-15-37(8-3)16-28-43,56-44-29-17-38(9-4)18-30-44)50-61(49-59,57-45-31-19-39(10-5)20-32-45)58-46-33-21-40(22-34-46)47(51)52/h6-34H,1-5H2,(H,51,52). The van der Waals surface area contributed by atoms with Gasteiger partial charge in [0, 0.05) is 0 Å². The van der Waals surface area contributed by atoms with Gasteiger partial charge in [-0.05, 0) is 113 Å². The Balaban J connectivity index is 1.57. The maximum absolute atomic E-state index is 11.9. The Bertz CT molecular complexity index is 2540. The number of hydrogen-bond donors (Lipinski definition) is 1. The largest absolute Gasteiger partial charge is 0.478 e. The van der Waals surface area contributed by atoms with E-state index in [1.807, 2.05) is 60.7 Å². The number of benzene rings is 6. The van der Waals surface area contributed by atoms with Crippen LogP contribution in [0.3, 0.4) is 0 Å². The lowest BCUT2D eigenvalue weighted by molar-refractivity contribution is 0.0697. The maximum Gasteiger partial charge on any atom is 0.460 e. The van der Waals surface area contributed by atoms with Crippen molar-refractivity contribution in [1.29, 1.82) is 0 Å². The summed E-state index contributed by atoms with van der Waals surface area (Å²) < 4.78 is 56.9. The Morgan fingerprint density at radius 1 is 0.361 bits per heavy atom. The van der Waals surface area contributed by atoms with Crippen molar-refractivity contribution in [3.63, 3.8) is 0 Å². The van der Waals surface area contributed by atoms with Gasteiger partial charge in [-0.1, -0.05) is 137 Å². The highest BCUT2D eigenvalue weighted by Gasteiger charge is 2.49. The van der Waals surface area contributed by atoms with E-state index in [-0.39, 0.29) is 11.3 Å². The number of nitrogens with zero attached hydrogens (tertiary/aromatic N) is 3. The van der Waals surface area contributed by atoms with Gasteiger partial charge in [0.2, 0.25) is 0 Å². The highest BCUT2D eigenvalue weighted by Crippen LogP contribution is 2.78. The minimum Gasteiger partial charge on any atom is -0.478 e. The van der Waals surface area contributed by atoms with E-state index in [0.717, 1.165) is 27.8 Å². The molecule has 6 aromatic carbocycles. The molecule has 0 amide bonds. The highest BCUT2D eigenvalue weighted by molar-refractivity contribution is 7.79. The first kappa shape index (κ1) is 42.1. The lowest BCUT2D eigenvalue weighted by Gasteiger charge is -2.33. The third kappa shape index (κ3) is 10.4. The van der Waals surface area contributed by atoms with Crippen molar-refractivity contribution >= 4 is 59.3 Å². The Hall–Kier alpha value is -7.02. The molecule has 1 heterocycles. The summed E-state index contributed by atoms with van der Waals surface area (Å²) in [5.41, 5.74) is 4.23. The number of carboxylic acid groups (broad SMARTS) is 1. The molecule has 0 saturated carbocycles. The average Bonchev–Trinajstić information content (AvgIpc) is 3.27. The van der Waals surface area contributed by atoms with Crippen LogP contribution < -0.4 is 27.1 Å². The molecule has 0 bridgehead atoms. The first-order valence-corrected chi connectivity index (χ1v) is 23.2. The molecule has 0 spiro atoms. The van der Waals surface area contributed by atoms with E-state index in [1.54, 1.807) is 91.0 Å². The maximum atomic E-state index is 11.9. The van der Waals surface area contributed by atoms with Crippen molar-refractivity contribution in [2.24, 2.45) is 13.5 Å². The summed E-state index contributed by atoms with van der Waals surface area (Å²) in [6.45, 7) is 19.4. The van der Waals surface area contributed by atoms with E-state index >= 15 is 0 Å². The van der Waals surface area contributed by atoms with Gasteiger partial charge in [0.05, 0.1) is 5.56 Å². The van der Waals surface area contributed by atoms with Gasteiger partial charge in [-0.3, -0.25) is 0 Å². The molecule has 1 aliphatic rings. The summed E-state index contributed by atoms with van der Waals surface area (Å²) in [4.78, 5) is 11.9. The monoisotopic (exact) mass is 867 g/mol. The van der Waals surface area contributed by atoms with Gasteiger partial charge in [-0.2, -0.15) is 0 Å². The fraction of sp³-hybridized carbons (Fsp3) is 0. The molecule has 0 aromatic heterocycles. The fourth-order valence-electron chi connectivity index (χ4n) is 5.56. The second-order valence-electron chi connectivity index (χ2n) is 13.0. The lowest BCUT2D eigenvalue weighted by atomic mass is 10.2. The first-order valence-electron chi connectivity index (χ1n) is 18.6. The highest BCUT2D eigenvalue weighted by atomic mass is 31.3. The van der Waals surface area contributed by atoms with Crippen molar-refractivity contribution in [3.8, 4) is 34.5 Å². The molecule has 61 heavy (non-hydrogen) atoms. The summed E-state index contributed by atoms with van der Waals surface area (Å²) in [6.07, 6.45) is 8.53. The van der Waals surface area contributed by atoms with Gasteiger partial charge in [-0.25, -0.2) is 4.79 Å². The minimum atomic E-state index is -4.23. The number of aromatic carboxylic acids is 1. The predicted molar refractivity (Wildman–Crippen MR) is 248 cm³/mol. The van der Waals surface area contributed by atoms with Crippen LogP contribution in [0.5, 0.6) is 34.5 Å². The molecule has 11 nitrogen and oxygen atoms in total. The van der Waals surface area contributed by atoms with Crippen LogP contribution in [0.25, 0.3) is 30.4 Å². The second kappa shape index (κ2) is 18.5.